The summed E-state index contributed by atoms with van der Waals surface area (Å²) in [6.07, 6.45) is 8.05. The monoisotopic (exact) mass is 254 g/mol. The number of rotatable bonds is 8. The Hall–Kier alpha value is -0.0800. The average molecular weight is 254 g/mol. The molecule has 108 valence electrons. The lowest BCUT2D eigenvalue weighted by molar-refractivity contribution is 0.0354. The molecule has 0 aromatic carbocycles. The van der Waals surface area contributed by atoms with Crippen molar-refractivity contribution in [2.24, 2.45) is 5.92 Å². The summed E-state index contributed by atoms with van der Waals surface area (Å²) in [6.45, 7) is 14.3. The number of nitrogens with zero attached hydrogens (tertiary/aromatic N) is 1. The summed E-state index contributed by atoms with van der Waals surface area (Å²) in [7, 11) is 0. The van der Waals surface area contributed by atoms with E-state index in [1.807, 2.05) is 0 Å². The normalized spacial score (nSPS) is 22.0. The van der Waals surface area contributed by atoms with Crippen LogP contribution in [0.15, 0.2) is 0 Å². The highest BCUT2D eigenvalue weighted by Crippen LogP contribution is 2.28. The minimum atomic E-state index is 0.428. The van der Waals surface area contributed by atoms with Gasteiger partial charge in [-0.05, 0) is 25.2 Å². The van der Waals surface area contributed by atoms with Crippen molar-refractivity contribution >= 4 is 0 Å². The van der Waals surface area contributed by atoms with Crippen molar-refractivity contribution in [3.63, 3.8) is 0 Å². The molecule has 0 aromatic heterocycles. The maximum Gasteiger partial charge on any atom is 0.0329 e. The summed E-state index contributed by atoms with van der Waals surface area (Å²) in [5, 5.41) is 3.60. The molecule has 2 nitrogen and oxygen atoms in total. The topological polar surface area (TPSA) is 15.3 Å². The van der Waals surface area contributed by atoms with Gasteiger partial charge in [-0.1, -0.05) is 47.0 Å². The van der Waals surface area contributed by atoms with Crippen molar-refractivity contribution < 1.29 is 0 Å². The molecule has 0 spiro atoms. The summed E-state index contributed by atoms with van der Waals surface area (Å²) in [5.74, 6) is 0.903. The maximum atomic E-state index is 3.60. The van der Waals surface area contributed by atoms with Gasteiger partial charge in [0.05, 0.1) is 0 Å². The van der Waals surface area contributed by atoms with Gasteiger partial charge in [-0.3, -0.25) is 4.90 Å². The molecule has 1 atom stereocenters. The van der Waals surface area contributed by atoms with Crippen LogP contribution in [0.4, 0.5) is 0 Å². The van der Waals surface area contributed by atoms with Crippen LogP contribution >= 0.6 is 0 Å². The molecule has 0 bridgehead atoms. The van der Waals surface area contributed by atoms with E-state index in [2.05, 4.69) is 37.9 Å². The largest absolute Gasteiger partial charge is 0.314 e. The third-order valence-corrected chi connectivity index (χ3v) is 5.02. The van der Waals surface area contributed by atoms with Crippen LogP contribution in [0.3, 0.4) is 0 Å². The summed E-state index contributed by atoms with van der Waals surface area (Å²) in [4.78, 5) is 2.80. The first kappa shape index (κ1) is 16.0. The lowest BCUT2D eigenvalue weighted by Gasteiger charge is -2.48. The third kappa shape index (κ3) is 3.96. The van der Waals surface area contributed by atoms with E-state index in [0.717, 1.165) is 5.92 Å². The SMILES string of the molecule is CCCCC(CC)CN1CCNCC1(CC)CC. The predicted octanol–water partition coefficient (Wildman–Crippen LogP) is 3.67. The van der Waals surface area contributed by atoms with E-state index in [4.69, 9.17) is 0 Å². The van der Waals surface area contributed by atoms with Crippen LogP contribution in [0.5, 0.6) is 0 Å². The van der Waals surface area contributed by atoms with Crippen molar-refractivity contribution in [1.29, 1.82) is 0 Å². The zero-order valence-corrected chi connectivity index (χ0v) is 13.1. The molecule has 2 heteroatoms. The van der Waals surface area contributed by atoms with E-state index < -0.39 is 0 Å². The van der Waals surface area contributed by atoms with Crippen LogP contribution in [-0.4, -0.2) is 36.6 Å². The molecule has 0 saturated carbocycles. The molecule has 1 unspecified atom stereocenters. The van der Waals surface area contributed by atoms with Crippen LogP contribution in [0.2, 0.25) is 0 Å². The molecule has 0 aromatic rings. The van der Waals surface area contributed by atoms with Gasteiger partial charge in [-0.25, -0.2) is 0 Å². The zero-order chi connectivity index (χ0) is 13.4. The first-order valence-corrected chi connectivity index (χ1v) is 8.18. The molecular weight excluding hydrogens is 220 g/mol. The van der Waals surface area contributed by atoms with Crippen LogP contribution in [-0.2, 0) is 0 Å². The van der Waals surface area contributed by atoms with E-state index >= 15 is 0 Å². The van der Waals surface area contributed by atoms with Gasteiger partial charge < -0.3 is 5.32 Å². The predicted molar refractivity (Wildman–Crippen MR) is 81.1 cm³/mol. The van der Waals surface area contributed by atoms with Crippen LogP contribution in [0.1, 0.15) is 66.2 Å². The quantitative estimate of drug-likeness (QED) is 0.711. The number of unbranched alkanes of at least 4 members (excludes halogenated alkanes) is 1. The Kier molecular flexibility index (Phi) is 7.25. The average Bonchev–Trinajstić information content (AvgIpc) is 2.44. The van der Waals surface area contributed by atoms with Gasteiger partial charge in [0, 0.05) is 31.7 Å². The Morgan fingerprint density at radius 3 is 2.44 bits per heavy atom. The van der Waals surface area contributed by atoms with Crippen LogP contribution < -0.4 is 5.32 Å². The molecule has 1 fully saturated rings. The molecule has 1 saturated heterocycles. The van der Waals surface area contributed by atoms with E-state index in [1.54, 1.807) is 0 Å². The highest BCUT2D eigenvalue weighted by atomic mass is 15.3. The zero-order valence-electron chi connectivity index (χ0n) is 13.1. The van der Waals surface area contributed by atoms with Crippen molar-refractivity contribution in [2.45, 2.75) is 71.8 Å². The fourth-order valence-corrected chi connectivity index (χ4v) is 3.35. The summed E-state index contributed by atoms with van der Waals surface area (Å²) in [6, 6.07) is 0. The molecular formula is C16H34N2. The highest BCUT2D eigenvalue weighted by molar-refractivity contribution is 4.94. The highest BCUT2D eigenvalue weighted by Gasteiger charge is 2.36. The van der Waals surface area contributed by atoms with Gasteiger partial charge in [0.2, 0.25) is 0 Å². The Balaban J connectivity index is 2.59. The third-order valence-electron chi connectivity index (χ3n) is 5.02. The van der Waals surface area contributed by atoms with Crippen LogP contribution in [0.25, 0.3) is 0 Å². The molecule has 1 heterocycles. The van der Waals surface area contributed by atoms with Crippen molar-refractivity contribution in [3.8, 4) is 0 Å². The van der Waals surface area contributed by atoms with Gasteiger partial charge in [-0.2, -0.15) is 0 Å². The minimum absolute atomic E-state index is 0.428. The maximum absolute atomic E-state index is 3.60. The molecule has 1 aliphatic rings. The first-order chi connectivity index (χ1) is 8.72. The number of nitrogens with one attached hydrogen (secondary N) is 1. The number of piperazine rings is 1. The number of hydrogen-bond donors (Lipinski definition) is 1. The van der Waals surface area contributed by atoms with Crippen LogP contribution in [0, 0.1) is 5.92 Å². The molecule has 0 amide bonds. The van der Waals surface area contributed by atoms with Gasteiger partial charge in [0.25, 0.3) is 0 Å². The van der Waals surface area contributed by atoms with E-state index in [9.17, 15) is 0 Å². The van der Waals surface area contributed by atoms with Crippen molar-refractivity contribution in [1.82, 2.24) is 10.2 Å². The molecule has 1 aliphatic heterocycles. The minimum Gasteiger partial charge on any atom is -0.314 e. The molecule has 0 radical (unpaired) electrons. The van der Waals surface area contributed by atoms with E-state index in [0.29, 0.717) is 5.54 Å². The summed E-state index contributed by atoms with van der Waals surface area (Å²) in [5.41, 5.74) is 0.428. The second kappa shape index (κ2) is 8.16. The molecule has 1 N–H and O–H groups in total. The molecule has 1 rings (SSSR count). The van der Waals surface area contributed by atoms with Gasteiger partial charge in [-0.15, -0.1) is 0 Å². The van der Waals surface area contributed by atoms with E-state index in [-0.39, 0.29) is 0 Å². The first-order valence-electron chi connectivity index (χ1n) is 8.18. The standard InChI is InChI=1S/C16H34N2/c1-5-9-10-15(6-2)13-18-12-11-17-14-16(18,7-3)8-4/h15,17H,5-14H2,1-4H3. The van der Waals surface area contributed by atoms with E-state index in [1.165, 1.54) is 64.7 Å². The Morgan fingerprint density at radius 2 is 1.89 bits per heavy atom. The molecule has 18 heavy (non-hydrogen) atoms. The fourth-order valence-electron chi connectivity index (χ4n) is 3.35. The lowest BCUT2D eigenvalue weighted by atomic mass is 9.86. The second-order valence-corrected chi connectivity index (χ2v) is 5.97. The smallest absolute Gasteiger partial charge is 0.0329 e. The van der Waals surface area contributed by atoms with Crippen molar-refractivity contribution in [2.75, 3.05) is 26.2 Å². The molecule has 0 aliphatic carbocycles. The number of hydrogen-bond acceptors (Lipinski definition) is 2. The van der Waals surface area contributed by atoms with Crippen molar-refractivity contribution in [3.05, 3.63) is 0 Å². The van der Waals surface area contributed by atoms with Gasteiger partial charge in [0.1, 0.15) is 0 Å². The fraction of sp³-hybridized carbons (Fsp3) is 1.00. The summed E-state index contributed by atoms with van der Waals surface area (Å²) >= 11 is 0. The Bertz CT molecular complexity index is 211. The van der Waals surface area contributed by atoms with Gasteiger partial charge >= 0.3 is 0 Å². The van der Waals surface area contributed by atoms with Gasteiger partial charge in [0.15, 0.2) is 0 Å². The Labute approximate surface area is 115 Å². The second-order valence-electron chi connectivity index (χ2n) is 5.97. The Morgan fingerprint density at radius 1 is 1.17 bits per heavy atom. The lowest BCUT2D eigenvalue weighted by Crippen LogP contribution is -2.61. The summed E-state index contributed by atoms with van der Waals surface area (Å²) < 4.78 is 0.